The lowest BCUT2D eigenvalue weighted by atomic mass is 9.81. The number of piperidine rings is 1. The summed E-state index contributed by atoms with van der Waals surface area (Å²) in [6.45, 7) is 8.36. The molecule has 1 saturated heterocycles. The van der Waals surface area contributed by atoms with E-state index in [1.165, 1.54) is 0 Å². The smallest absolute Gasteiger partial charge is 0.220 e. The van der Waals surface area contributed by atoms with Gasteiger partial charge in [0, 0.05) is 25.1 Å². The normalized spacial score (nSPS) is 22.1. The van der Waals surface area contributed by atoms with Crippen molar-refractivity contribution in [3.8, 4) is 0 Å². The molecule has 1 aromatic heterocycles. The van der Waals surface area contributed by atoms with E-state index in [2.05, 4.69) is 15.8 Å². The third kappa shape index (κ3) is 5.95. The first-order chi connectivity index (χ1) is 10.9. The van der Waals surface area contributed by atoms with Crippen molar-refractivity contribution in [1.29, 1.82) is 0 Å². The highest BCUT2D eigenvalue weighted by Gasteiger charge is 2.29. The first kappa shape index (κ1) is 17.9. The molecule has 2 unspecified atom stereocenters. The molecule has 1 fully saturated rings. The fourth-order valence-corrected chi connectivity index (χ4v) is 3.12. The first-order valence-corrected chi connectivity index (χ1v) is 8.32. The Morgan fingerprint density at radius 1 is 1.48 bits per heavy atom. The zero-order valence-electron chi connectivity index (χ0n) is 14.6. The summed E-state index contributed by atoms with van der Waals surface area (Å²) in [5, 5.41) is 10.6. The van der Waals surface area contributed by atoms with E-state index in [1.54, 1.807) is 7.11 Å². The van der Waals surface area contributed by atoms with Gasteiger partial charge in [-0.1, -0.05) is 5.16 Å². The molecule has 0 spiro atoms. The lowest BCUT2D eigenvalue weighted by Crippen LogP contribution is -2.44. The van der Waals surface area contributed by atoms with Gasteiger partial charge in [0.25, 0.3) is 0 Å². The van der Waals surface area contributed by atoms with Crippen LogP contribution < -0.4 is 10.6 Å². The first-order valence-electron chi connectivity index (χ1n) is 8.32. The van der Waals surface area contributed by atoms with Crippen LogP contribution in [-0.2, 0) is 22.6 Å². The van der Waals surface area contributed by atoms with E-state index < -0.39 is 0 Å². The zero-order chi connectivity index (χ0) is 16.9. The van der Waals surface area contributed by atoms with Gasteiger partial charge in [-0.05, 0) is 58.5 Å². The van der Waals surface area contributed by atoms with Crippen molar-refractivity contribution >= 4 is 5.91 Å². The molecule has 130 valence electrons. The number of carbonyl (C=O) groups is 1. The molecule has 6 heteroatoms. The molecule has 23 heavy (non-hydrogen) atoms. The second kappa shape index (κ2) is 7.93. The third-order valence-electron chi connectivity index (χ3n) is 4.09. The molecule has 0 radical (unpaired) electrons. The number of nitrogens with one attached hydrogen (secondary N) is 2. The quantitative estimate of drug-likeness (QED) is 0.836. The molecule has 6 nitrogen and oxygen atoms in total. The molecule has 0 aromatic carbocycles. The van der Waals surface area contributed by atoms with Crippen LogP contribution in [0.15, 0.2) is 10.6 Å². The Kier molecular flexibility index (Phi) is 6.18. The predicted octanol–water partition coefficient (Wildman–Crippen LogP) is 1.89. The number of ether oxygens (including phenoxy) is 1. The zero-order valence-corrected chi connectivity index (χ0v) is 14.6. The lowest BCUT2D eigenvalue weighted by Gasteiger charge is -2.32. The fraction of sp³-hybridized carbons (Fsp3) is 0.765. The van der Waals surface area contributed by atoms with E-state index in [4.69, 9.17) is 9.26 Å². The summed E-state index contributed by atoms with van der Waals surface area (Å²) in [5.41, 5.74) is 0.757. The molecule has 0 aliphatic carbocycles. The maximum Gasteiger partial charge on any atom is 0.220 e. The minimum Gasteiger partial charge on any atom is -0.377 e. The van der Waals surface area contributed by atoms with E-state index in [9.17, 15) is 4.79 Å². The van der Waals surface area contributed by atoms with Crippen molar-refractivity contribution < 1.29 is 14.1 Å². The Hall–Kier alpha value is -1.40. The molecule has 2 N–H and O–H groups in total. The van der Waals surface area contributed by atoms with E-state index in [0.717, 1.165) is 37.4 Å². The number of methoxy groups -OCH3 is 1. The van der Waals surface area contributed by atoms with Gasteiger partial charge in [0.2, 0.25) is 5.91 Å². The van der Waals surface area contributed by atoms with Crippen molar-refractivity contribution in [3.05, 3.63) is 17.5 Å². The SMILES string of the molecule is COCc1cc(CC2CNCCC2CC(=O)NC(C)(C)C)no1. The summed E-state index contributed by atoms with van der Waals surface area (Å²) in [6, 6.07) is 1.95. The Balaban J connectivity index is 1.93. The molecule has 1 aliphatic rings. The number of hydrogen-bond donors (Lipinski definition) is 2. The van der Waals surface area contributed by atoms with Gasteiger partial charge >= 0.3 is 0 Å². The number of amides is 1. The molecule has 0 bridgehead atoms. The van der Waals surface area contributed by atoms with Crippen LogP contribution >= 0.6 is 0 Å². The largest absolute Gasteiger partial charge is 0.377 e. The van der Waals surface area contributed by atoms with Crippen LogP contribution in [0.4, 0.5) is 0 Å². The molecular formula is C17H29N3O3. The number of hydrogen-bond acceptors (Lipinski definition) is 5. The van der Waals surface area contributed by atoms with E-state index in [0.29, 0.717) is 24.9 Å². The molecule has 2 rings (SSSR count). The number of nitrogens with zero attached hydrogens (tertiary/aromatic N) is 1. The number of aromatic nitrogens is 1. The van der Waals surface area contributed by atoms with Crippen LogP contribution in [0.1, 0.15) is 45.1 Å². The molecule has 2 heterocycles. The highest BCUT2D eigenvalue weighted by molar-refractivity contribution is 5.76. The van der Waals surface area contributed by atoms with Crippen molar-refractivity contribution in [2.24, 2.45) is 11.8 Å². The van der Waals surface area contributed by atoms with E-state index >= 15 is 0 Å². The van der Waals surface area contributed by atoms with Crippen LogP contribution in [0.3, 0.4) is 0 Å². The van der Waals surface area contributed by atoms with Gasteiger partial charge in [-0.25, -0.2) is 0 Å². The molecule has 2 atom stereocenters. The summed E-state index contributed by atoms with van der Waals surface area (Å²) in [5.74, 6) is 1.65. The molecule has 1 aromatic rings. The highest BCUT2D eigenvalue weighted by Crippen LogP contribution is 2.26. The van der Waals surface area contributed by atoms with Crippen molar-refractivity contribution in [1.82, 2.24) is 15.8 Å². The average Bonchev–Trinajstić information content (AvgIpc) is 2.87. The number of rotatable bonds is 6. The Morgan fingerprint density at radius 2 is 2.26 bits per heavy atom. The summed E-state index contributed by atoms with van der Waals surface area (Å²) in [4.78, 5) is 12.2. The topological polar surface area (TPSA) is 76.4 Å². The van der Waals surface area contributed by atoms with Crippen molar-refractivity contribution in [2.75, 3.05) is 20.2 Å². The summed E-state index contributed by atoms with van der Waals surface area (Å²) in [6.07, 6.45) is 2.42. The third-order valence-corrected chi connectivity index (χ3v) is 4.09. The van der Waals surface area contributed by atoms with E-state index in [-0.39, 0.29) is 11.4 Å². The molecule has 1 amide bonds. The second-order valence-electron chi connectivity index (χ2n) is 7.44. The summed E-state index contributed by atoms with van der Waals surface area (Å²) in [7, 11) is 1.64. The van der Waals surface area contributed by atoms with Crippen LogP contribution in [0.25, 0.3) is 0 Å². The summed E-state index contributed by atoms with van der Waals surface area (Å²) >= 11 is 0. The number of carbonyl (C=O) groups excluding carboxylic acids is 1. The maximum atomic E-state index is 12.2. The maximum absolute atomic E-state index is 12.2. The van der Waals surface area contributed by atoms with Crippen LogP contribution in [0.5, 0.6) is 0 Å². The molecule has 0 saturated carbocycles. The predicted molar refractivity (Wildman–Crippen MR) is 87.9 cm³/mol. The van der Waals surface area contributed by atoms with Gasteiger partial charge in [0.15, 0.2) is 5.76 Å². The van der Waals surface area contributed by atoms with Crippen LogP contribution in [0.2, 0.25) is 0 Å². The standard InChI is InChI=1S/C17H29N3O3/c1-17(2,3)19-16(21)8-12-5-6-18-10-13(12)7-14-9-15(11-22-4)23-20-14/h9,12-13,18H,5-8,10-11H2,1-4H3,(H,19,21). The molecular weight excluding hydrogens is 294 g/mol. The van der Waals surface area contributed by atoms with Crippen LogP contribution in [0, 0.1) is 11.8 Å². The fourth-order valence-electron chi connectivity index (χ4n) is 3.12. The van der Waals surface area contributed by atoms with Gasteiger partial charge < -0.3 is 19.9 Å². The van der Waals surface area contributed by atoms with Gasteiger partial charge in [-0.3, -0.25) is 4.79 Å². The summed E-state index contributed by atoms with van der Waals surface area (Å²) < 4.78 is 10.3. The Bertz CT molecular complexity index is 507. The van der Waals surface area contributed by atoms with Gasteiger partial charge in [-0.15, -0.1) is 0 Å². The van der Waals surface area contributed by atoms with Crippen molar-refractivity contribution in [3.63, 3.8) is 0 Å². The van der Waals surface area contributed by atoms with Crippen LogP contribution in [-0.4, -0.2) is 36.8 Å². The van der Waals surface area contributed by atoms with E-state index in [1.807, 2.05) is 26.8 Å². The second-order valence-corrected chi connectivity index (χ2v) is 7.44. The van der Waals surface area contributed by atoms with Gasteiger partial charge in [0.05, 0.1) is 5.69 Å². The van der Waals surface area contributed by atoms with Crippen molar-refractivity contribution in [2.45, 2.75) is 52.2 Å². The Morgan fingerprint density at radius 3 is 2.96 bits per heavy atom. The molecule has 1 aliphatic heterocycles. The highest BCUT2D eigenvalue weighted by atomic mass is 16.5. The van der Waals surface area contributed by atoms with Gasteiger partial charge in [-0.2, -0.15) is 0 Å². The monoisotopic (exact) mass is 323 g/mol. The Labute approximate surface area is 138 Å². The minimum absolute atomic E-state index is 0.134. The lowest BCUT2D eigenvalue weighted by molar-refractivity contribution is -0.124. The van der Waals surface area contributed by atoms with Gasteiger partial charge in [0.1, 0.15) is 6.61 Å². The minimum atomic E-state index is -0.180. The average molecular weight is 323 g/mol.